The van der Waals surface area contributed by atoms with Crippen LogP contribution in [0.25, 0.3) is 0 Å². The monoisotopic (exact) mass is 816 g/mol. The first-order valence-electron chi connectivity index (χ1n) is 25.2. The topological polar surface area (TPSA) is 95.9 Å². The third-order valence-corrected chi connectivity index (χ3v) is 11.5. The fourth-order valence-electron chi connectivity index (χ4n) is 7.73. The number of amides is 1. The van der Waals surface area contributed by atoms with Crippen molar-refractivity contribution in [2.24, 2.45) is 0 Å². The summed E-state index contributed by atoms with van der Waals surface area (Å²) in [4.78, 5) is 26.1. The number of nitrogens with one attached hydrogen (secondary N) is 1. The largest absolute Gasteiger partial charge is 0.462 e. The van der Waals surface area contributed by atoms with Crippen LogP contribution in [0.1, 0.15) is 258 Å². The van der Waals surface area contributed by atoms with Crippen molar-refractivity contribution in [1.29, 1.82) is 0 Å². The molecule has 0 heterocycles. The summed E-state index contributed by atoms with van der Waals surface area (Å²) in [5.74, 6) is -0.488. The summed E-state index contributed by atoms with van der Waals surface area (Å²) in [6, 6.07) is -0.701. The lowest BCUT2D eigenvalue weighted by Gasteiger charge is -2.24. The number of carbonyl (C=O) groups is 2. The Labute approximate surface area is 360 Å². The maximum absolute atomic E-state index is 13.2. The van der Waals surface area contributed by atoms with Gasteiger partial charge in [-0.2, -0.15) is 0 Å². The van der Waals surface area contributed by atoms with E-state index in [9.17, 15) is 19.8 Å². The molecule has 0 aliphatic rings. The van der Waals surface area contributed by atoms with E-state index in [1.54, 1.807) is 0 Å². The minimum absolute atomic E-state index is 0.0730. The molecule has 0 saturated heterocycles. The van der Waals surface area contributed by atoms with E-state index < -0.39 is 18.2 Å². The van der Waals surface area contributed by atoms with Crippen molar-refractivity contribution in [2.45, 2.75) is 277 Å². The SMILES string of the molecule is CC/C=C/C=C/C=C\CCCCCCCC(=O)OC(CCCCCCCCCCCCCCCCCC)CC(=O)NC(CO)C(O)CCCCCCCCCCCC. The van der Waals surface area contributed by atoms with Crippen molar-refractivity contribution in [3.63, 3.8) is 0 Å². The van der Waals surface area contributed by atoms with Gasteiger partial charge in [0.25, 0.3) is 0 Å². The molecule has 3 unspecified atom stereocenters. The van der Waals surface area contributed by atoms with Gasteiger partial charge in [0.15, 0.2) is 0 Å². The lowest BCUT2D eigenvalue weighted by Crippen LogP contribution is -2.46. The summed E-state index contributed by atoms with van der Waals surface area (Å²) >= 11 is 0. The second-order valence-corrected chi connectivity index (χ2v) is 17.3. The van der Waals surface area contributed by atoms with Crippen LogP contribution in [0.3, 0.4) is 0 Å². The van der Waals surface area contributed by atoms with Gasteiger partial charge >= 0.3 is 5.97 Å². The van der Waals surface area contributed by atoms with E-state index in [4.69, 9.17) is 4.74 Å². The highest BCUT2D eigenvalue weighted by atomic mass is 16.5. The highest BCUT2D eigenvalue weighted by Crippen LogP contribution is 2.18. The maximum atomic E-state index is 13.2. The smallest absolute Gasteiger partial charge is 0.306 e. The number of hydrogen-bond donors (Lipinski definition) is 3. The predicted octanol–water partition coefficient (Wildman–Crippen LogP) is 14.9. The summed E-state index contributed by atoms with van der Waals surface area (Å²) in [6.07, 6.45) is 53.5. The van der Waals surface area contributed by atoms with Crippen LogP contribution in [-0.2, 0) is 14.3 Å². The number of unbranched alkanes of at least 4 members (excludes halogenated alkanes) is 29. The molecule has 58 heavy (non-hydrogen) atoms. The van der Waals surface area contributed by atoms with E-state index in [1.165, 1.54) is 135 Å². The standard InChI is InChI=1S/C52H97NO5/c1-4-7-10-13-16-19-22-24-25-26-28-29-31-34-37-40-43-48(58-52(57)45-42-39-36-33-30-27-23-20-17-14-11-8-5-2)46-51(56)53-49(47-54)50(55)44-41-38-35-32-21-18-15-12-9-6-3/h8,11,14,17,20,23,48-50,54-55H,4-7,9-10,12-13,15-16,18-19,21-22,24-47H2,1-3H3,(H,53,56)/b11-8+,17-14+,23-20-. The van der Waals surface area contributed by atoms with Gasteiger partial charge in [0, 0.05) is 6.42 Å². The van der Waals surface area contributed by atoms with E-state index in [2.05, 4.69) is 62.5 Å². The van der Waals surface area contributed by atoms with Gasteiger partial charge in [0.2, 0.25) is 5.91 Å². The van der Waals surface area contributed by atoms with Crippen LogP contribution < -0.4 is 5.32 Å². The molecule has 1 amide bonds. The Bertz CT molecular complexity index is 961. The molecule has 0 aromatic carbocycles. The van der Waals surface area contributed by atoms with Gasteiger partial charge in [-0.1, -0.05) is 237 Å². The Morgan fingerprint density at radius 1 is 0.517 bits per heavy atom. The highest BCUT2D eigenvalue weighted by Gasteiger charge is 2.24. The lowest BCUT2D eigenvalue weighted by atomic mass is 10.0. The van der Waals surface area contributed by atoms with Crippen molar-refractivity contribution >= 4 is 11.9 Å². The van der Waals surface area contributed by atoms with Crippen molar-refractivity contribution in [3.05, 3.63) is 36.5 Å². The third-order valence-electron chi connectivity index (χ3n) is 11.5. The number of aliphatic hydroxyl groups is 2. The summed E-state index contributed by atoms with van der Waals surface area (Å²) in [5.41, 5.74) is 0. The van der Waals surface area contributed by atoms with E-state index >= 15 is 0 Å². The molecule has 0 saturated carbocycles. The number of rotatable bonds is 45. The number of esters is 1. The second kappa shape index (κ2) is 46.2. The van der Waals surface area contributed by atoms with Crippen LogP contribution in [0.5, 0.6) is 0 Å². The van der Waals surface area contributed by atoms with Gasteiger partial charge in [0.05, 0.1) is 25.2 Å². The molecule has 0 radical (unpaired) electrons. The van der Waals surface area contributed by atoms with E-state index in [-0.39, 0.29) is 24.9 Å². The van der Waals surface area contributed by atoms with Crippen molar-refractivity contribution < 1.29 is 24.5 Å². The average molecular weight is 816 g/mol. The zero-order valence-corrected chi connectivity index (χ0v) is 38.7. The maximum Gasteiger partial charge on any atom is 0.306 e. The summed E-state index contributed by atoms with van der Waals surface area (Å²) in [5, 5.41) is 23.7. The fraction of sp³-hybridized carbons (Fsp3) is 0.846. The Morgan fingerprint density at radius 2 is 0.931 bits per heavy atom. The van der Waals surface area contributed by atoms with Gasteiger partial charge in [-0.05, 0) is 44.9 Å². The first-order chi connectivity index (χ1) is 28.5. The molecular weight excluding hydrogens is 719 g/mol. The Kier molecular flexibility index (Phi) is 44.6. The van der Waals surface area contributed by atoms with Crippen LogP contribution in [0.2, 0.25) is 0 Å². The van der Waals surface area contributed by atoms with Crippen LogP contribution >= 0.6 is 0 Å². The van der Waals surface area contributed by atoms with Gasteiger partial charge in [-0.3, -0.25) is 9.59 Å². The van der Waals surface area contributed by atoms with Gasteiger partial charge in [-0.15, -0.1) is 0 Å². The highest BCUT2D eigenvalue weighted by molar-refractivity contribution is 5.77. The predicted molar refractivity (Wildman–Crippen MR) is 250 cm³/mol. The lowest BCUT2D eigenvalue weighted by molar-refractivity contribution is -0.151. The molecule has 0 aromatic heterocycles. The molecule has 6 nitrogen and oxygen atoms in total. The molecule has 3 atom stereocenters. The molecule has 0 bridgehead atoms. The van der Waals surface area contributed by atoms with Crippen LogP contribution in [0.15, 0.2) is 36.5 Å². The van der Waals surface area contributed by atoms with Crippen molar-refractivity contribution in [1.82, 2.24) is 5.32 Å². The zero-order chi connectivity index (χ0) is 42.4. The molecule has 0 rings (SSSR count). The molecule has 0 spiro atoms. The van der Waals surface area contributed by atoms with Crippen molar-refractivity contribution in [3.8, 4) is 0 Å². The Morgan fingerprint density at radius 3 is 1.40 bits per heavy atom. The van der Waals surface area contributed by atoms with Gasteiger partial charge in [0.1, 0.15) is 6.10 Å². The number of aliphatic hydroxyl groups excluding tert-OH is 2. The van der Waals surface area contributed by atoms with Crippen LogP contribution in [0.4, 0.5) is 0 Å². The zero-order valence-electron chi connectivity index (χ0n) is 38.7. The van der Waals surface area contributed by atoms with Crippen LogP contribution in [-0.4, -0.2) is 46.9 Å². The number of allylic oxidation sites excluding steroid dienone is 6. The van der Waals surface area contributed by atoms with Gasteiger partial charge in [-0.25, -0.2) is 0 Å². The number of hydrogen-bond acceptors (Lipinski definition) is 5. The van der Waals surface area contributed by atoms with Crippen LogP contribution in [0, 0.1) is 0 Å². The first-order valence-corrected chi connectivity index (χ1v) is 25.2. The third kappa shape index (κ3) is 40.8. The first kappa shape index (κ1) is 56.1. The fourth-order valence-corrected chi connectivity index (χ4v) is 7.73. The number of ether oxygens (including phenoxy) is 1. The molecule has 6 heteroatoms. The molecule has 0 aliphatic carbocycles. The van der Waals surface area contributed by atoms with E-state index in [0.29, 0.717) is 19.3 Å². The normalized spacial score (nSPS) is 13.5. The molecule has 0 aromatic rings. The summed E-state index contributed by atoms with van der Waals surface area (Å²) in [7, 11) is 0. The summed E-state index contributed by atoms with van der Waals surface area (Å²) in [6.45, 7) is 6.35. The summed E-state index contributed by atoms with van der Waals surface area (Å²) < 4.78 is 5.92. The van der Waals surface area contributed by atoms with Gasteiger partial charge < -0.3 is 20.3 Å². The Balaban J connectivity index is 4.58. The molecule has 0 fully saturated rings. The van der Waals surface area contributed by atoms with E-state index in [0.717, 1.165) is 77.0 Å². The molecule has 340 valence electrons. The van der Waals surface area contributed by atoms with E-state index in [1.807, 2.05) is 0 Å². The Hall–Kier alpha value is -1.92. The van der Waals surface area contributed by atoms with Crippen molar-refractivity contribution in [2.75, 3.05) is 6.61 Å². The second-order valence-electron chi connectivity index (χ2n) is 17.3. The minimum atomic E-state index is -0.787. The average Bonchev–Trinajstić information content (AvgIpc) is 3.22. The molecule has 3 N–H and O–H groups in total. The molecule has 0 aliphatic heterocycles. The quantitative estimate of drug-likeness (QED) is 0.0323. The minimum Gasteiger partial charge on any atom is -0.462 e. The molecular formula is C52H97NO5. The number of carbonyl (C=O) groups excluding carboxylic acids is 2.